The predicted molar refractivity (Wildman–Crippen MR) is 85.7 cm³/mol. The van der Waals surface area contributed by atoms with Gasteiger partial charge in [-0.15, -0.1) is 0 Å². The van der Waals surface area contributed by atoms with Gasteiger partial charge in [0.25, 0.3) is 0 Å². The van der Waals surface area contributed by atoms with Crippen LogP contribution in [0.3, 0.4) is 0 Å². The van der Waals surface area contributed by atoms with Crippen LogP contribution in [-0.4, -0.2) is 12.4 Å². The van der Waals surface area contributed by atoms with Crippen molar-refractivity contribution in [2.75, 3.05) is 6.61 Å². The number of benzene rings is 2. The maximum Gasteiger partial charge on any atom is 0.188 e. The maximum absolute atomic E-state index is 12.1. The summed E-state index contributed by atoms with van der Waals surface area (Å²) in [6, 6.07) is 17.7. The Hall–Kier alpha value is -1.93. The number of ketones is 1. The number of hydrogen-bond donors (Lipinski definition) is 0. The van der Waals surface area contributed by atoms with Crippen molar-refractivity contribution in [3.8, 4) is 0 Å². The Labute approximate surface area is 126 Å². The summed E-state index contributed by atoms with van der Waals surface area (Å²) in [5.74, 6) is 0.497. The first-order chi connectivity index (χ1) is 10.1. The molecule has 0 saturated carbocycles. The van der Waals surface area contributed by atoms with Gasteiger partial charge in [0.05, 0.1) is 6.10 Å². The van der Waals surface area contributed by atoms with Crippen molar-refractivity contribution in [2.24, 2.45) is 0 Å². The fraction of sp³-hybridized carbons (Fsp3) is 0.316. The van der Waals surface area contributed by atoms with E-state index in [1.165, 1.54) is 5.56 Å². The lowest BCUT2D eigenvalue weighted by atomic mass is 10.0. The summed E-state index contributed by atoms with van der Waals surface area (Å²) in [5, 5.41) is 0. The molecule has 0 aliphatic heterocycles. The van der Waals surface area contributed by atoms with Gasteiger partial charge in [0.1, 0.15) is 6.61 Å². The number of hydrogen-bond acceptors (Lipinski definition) is 2. The molecule has 2 aromatic rings. The summed E-state index contributed by atoms with van der Waals surface area (Å²) >= 11 is 0. The zero-order valence-corrected chi connectivity index (χ0v) is 12.9. The molecule has 1 unspecified atom stereocenters. The molecular formula is C19H22O2. The number of ether oxygens (including phenoxy) is 1. The smallest absolute Gasteiger partial charge is 0.188 e. The highest BCUT2D eigenvalue weighted by Gasteiger charge is 2.11. The van der Waals surface area contributed by atoms with Crippen LogP contribution in [0.1, 0.15) is 54.3 Å². The molecule has 2 heteroatoms. The summed E-state index contributed by atoms with van der Waals surface area (Å²) in [6.07, 6.45) is -0.0786. The van der Waals surface area contributed by atoms with Crippen LogP contribution in [0.2, 0.25) is 0 Å². The van der Waals surface area contributed by atoms with E-state index in [0.717, 1.165) is 5.56 Å². The Morgan fingerprint density at radius 2 is 1.52 bits per heavy atom. The zero-order valence-electron chi connectivity index (χ0n) is 12.9. The molecule has 0 aliphatic carbocycles. The molecule has 0 radical (unpaired) electrons. The highest BCUT2D eigenvalue weighted by Crippen LogP contribution is 2.18. The normalized spacial score (nSPS) is 12.4. The zero-order chi connectivity index (χ0) is 15.2. The number of Topliss-reactive ketones (excluding diaryl/α,β-unsaturated/α-hetero) is 1. The van der Waals surface area contributed by atoms with Crippen LogP contribution in [0.5, 0.6) is 0 Å². The van der Waals surface area contributed by atoms with Gasteiger partial charge in [-0.25, -0.2) is 0 Å². The fourth-order valence-corrected chi connectivity index (χ4v) is 2.16. The first kappa shape index (κ1) is 15.5. The van der Waals surface area contributed by atoms with E-state index in [1.807, 2.05) is 61.5 Å². The van der Waals surface area contributed by atoms with E-state index in [4.69, 9.17) is 4.74 Å². The Morgan fingerprint density at radius 1 is 0.905 bits per heavy atom. The third kappa shape index (κ3) is 4.27. The Kier molecular flexibility index (Phi) is 5.29. The first-order valence-corrected chi connectivity index (χ1v) is 7.37. The second-order valence-corrected chi connectivity index (χ2v) is 5.56. The van der Waals surface area contributed by atoms with Gasteiger partial charge in [-0.3, -0.25) is 4.79 Å². The average molecular weight is 282 g/mol. The summed E-state index contributed by atoms with van der Waals surface area (Å²) in [5.41, 5.74) is 3.03. The monoisotopic (exact) mass is 282 g/mol. The predicted octanol–water partition coefficient (Wildman–Crippen LogP) is 4.77. The summed E-state index contributed by atoms with van der Waals surface area (Å²) in [7, 11) is 0. The van der Waals surface area contributed by atoms with Crippen molar-refractivity contribution in [2.45, 2.75) is 32.8 Å². The lowest BCUT2D eigenvalue weighted by Gasteiger charge is -2.13. The third-order valence-electron chi connectivity index (χ3n) is 3.63. The van der Waals surface area contributed by atoms with Gasteiger partial charge in [0, 0.05) is 5.56 Å². The molecule has 2 nitrogen and oxygen atoms in total. The molecule has 0 N–H and O–H groups in total. The van der Waals surface area contributed by atoms with Crippen LogP contribution in [0.25, 0.3) is 0 Å². The second-order valence-electron chi connectivity index (χ2n) is 5.56. The highest BCUT2D eigenvalue weighted by molar-refractivity contribution is 5.97. The molecule has 0 fully saturated rings. The lowest BCUT2D eigenvalue weighted by molar-refractivity contribution is 0.0521. The van der Waals surface area contributed by atoms with E-state index >= 15 is 0 Å². The fourth-order valence-electron chi connectivity index (χ4n) is 2.16. The van der Waals surface area contributed by atoms with Crippen LogP contribution in [-0.2, 0) is 4.74 Å². The third-order valence-corrected chi connectivity index (χ3v) is 3.63. The van der Waals surface area contributed by atoms with Crippen LogP contribution in [0, 0.1) is 0 Å². The number of carbonyl (C=O) groups excluding carboxylic acids is 1. The molecule has 0 aliphatic rings. The Morgan fingerprint density at radius 3 is 2.10 bits per heavy atom. The summed E-state index contributed by atoms with van der Waals surface area (Å²) < 4.78 is 5.67. The van der Waals surface area contributed by atoms with Crippen molar-refractivity contribution >= 4 is 5.78 Å². The molecule has 2 aromatic carbocycles. The average Bonchev–Trinajstić information content (AvgIpc) is 2.53. The summed E-state index contributed by atoms with van der Waals surface area (Å²) in [4.78, 5) is 12.1. The van der Waals surface area contributed by atoms with Crippen LogP contribution < -0.4 is 0 Å². The van der Waals surface area contributed by atoms with E-state index in [-0.39, 0.29) is 18.5 Å². The van der Waals surface area contributed by atoms with Gasteiger partial charge in [-0.2, -0.15) is 0 Å². The number of rotatable bonds is 6. The van der Waals surface area contributed by atoms with Crippen LogP contribution in [0.15, 0.2) is 54.6 Å². The summed E-state index contributed by atoms with van der Waals surface area (Å²) in [6.45, 7) is 6.35. The van der Waals surface area contributed by atoms with Crippen molar-refractivity contribution in [3.63, 3.8) is 0 Å². The molecule has 0 spiro atoms. The van der Waals surface area contributed by atoms with Crippen molar-refractivity contribution in [1.82, 2.24) is 0 Å². The molecule has 21 heavy (non-hydrogen) atoms. The van der Waals surface area contributed by atoms with E-state index < -0.39 is 0 Å². The lowest BCUT2D eigenvalue weighted by Crippen LogP contribution is -2.11. The molecule has 0 saturated heterocycles. The van der Waals surface area contributed by atoms with Crippen molar-refractivity contribution in [3.05, 3.63) is 71.3 Å². The van der Waals surface area contributed by atoms with Gasteiger partial charge in [0.15, 0.2) is 5.78 Å². The minimum atomic E-state index is -0.0786. The standard InChI is InChI=1S/C19H22O2/c1-14(2)16-9-11-18(12-10-16)19(20)13-21-15(3)17-7-5-4-6-8-17/h4-12,14-15H,13H2,1-3H3. The van der Waals surface area contributed by atoms with E-state index in [2.05, 4.69) is 13.8 Å². The Balaban J connectivity index is 1.92. The molecular weight excluding hydrogens is 260 g/mol. The van der Waals surface area contributed by atoms with Gasteiger partial charge >= 0.3 is 0 Å². The molecule has 0 bridgehead atoms. The van der Waals surface area contributed by atoms with E-state index in [0.29, 0.717) is 11.5 Å². The minimum Gasteiger partial charge on any atom is -0.366 e. The largest absolute Gasteiger partial charge is 0.366 e. The van der Waals surface area contributed by atoms with Crippen molar-refractivity contribution in [1.29, 1.82) is 0 Å². The molecule has 1 atom stereocenters. The molecule has 0 heterocycles. The van der Waals surface area contributed by atoms with Crippen LogP contribution >= 0.6 is 0 Å². The highest BCUT2D eigenvalue weighted by atomic mass is 16.5. The van der Waals surface area contributed by atoms with E-state index in [1.54, 1.807) is 0 Å². The van der Waals surface area contributed by atoms with Crippen molar-refractivity contribution < 1.29 is 9.53 Å². The number of carbonyl (C=O) groups is 1. The Bertz CT molecular complexity index is 570. The van der Waals surface area contributed by atoms with Gasteiger partial charge in [0.2, 0.25) is 0 Å². The van der Waals surface area contributed by atoms with E-state index in [9.17, 15) is 4.79 Å². The molecule has 0 amide bonds. The minimum absolute atomic E-state index is 0.0214. The topological polar surface area (TPSA) is 26.3 Å². The molecule has 110 valence electrons. The maximum atomic E-state index is 12.1. The van der Waals surface area contributed by atoms with Gasteiger partial charge in [-0.1, -0.05) is 68.4 Å². The molecule has 0 aromatic heterocycles. The van der Waals surface area contributed by atoms with Gasteiger partial charge < -0.3 is 4.74 Å². The SMILES string of the molecule is CC(C)c1ccc(C(=O)COC(C)c2ccccc2)cc1. The van der Waals surface area contributed by atoms with Crippen LogP contribution in [0.4, 0.5) is 0 Å². The quantitative estimate of drug-likeness (QED) is 0.713. The first-order valence-electron chi connectivity index (χ1n) is 7.37. The second kappa shape index (κ2) is 7.19. The van der Waals surface area contributed by atoms with Gasteiger partial charge in [-0.05, 0) is 24.0 Å². The molecule has 2 rings (SSSR count).